The number of amides is 3. The summed E-state index contributed by atoms with van der Waals surface area (Å²) in [6.07, 6.45) is 1.87. The van der Waals surface area contributed by atoms with Gasteiger partial charge in [0.05, 0.1) is 12.1 Å². The molecule has 3 atom stereocenters. The zero-order chi connectivity index (χ0) is 15.1. The molecule has 0 aromatic rings. The number of imide groups is 1. The Labute approximate surface area is 120 Å². The third-order valence-corrected chi connectivity index (χ3v) is 3.77. The Hall–Kier alpha value is -1.18. The summed E-state index contributed by atoms with van der Waals surface area (Å²) < 4.78 is 5.36. The van der Waals surface area contributed by atoms with Crippen molar-refractivity contribution in [3.63, 3.8) is 0 Å². The van der Waals surface area contributed by atoms with Gasteiger partial charge in [0, 0.05) is 32.8 Å². The largest absolute Gasteiger partial charge is 0.381 e. The van der Waals surface area contributed by atoms with Crippen LogP contribution in [0.2, 0.25) is 0 Å². The van der Waals surface area contributed by atoms with Crippen molar-refractivity contribution in [2.75, 3.05) is 26.7 Å². The van der Waals surface area contributed by atoms with Gasteiger partial charge in [0.1, 0.15) is 0 Å². The van der Waals surface area contributed by atoms with Crippen LogP contribution in [0.25, 0.3) is 0 Å². The minimum absolute atomic E-state index is 0.101. The molecule has 0 radical (unpaired) electrons. The Morgan fingerprint density at radius 3 is 2.75 bits per heavy atom. The highest BCUT2D eigenvalue weighted by atomic mass is 16.5. The predicted octanol–water partition coefficient (Wildman–Crippen LogP) is -0.341. The van der Waals surface area contributed by atoms with Gasteiger partial charge in [-0.25, -0.2) is 4.79 Å². The molecule has 7 heteroatoms. The quantitative estimate of drug-likeness (QED) is 0.642. The van der Waals surface area contributed by atoms with Crippen molar-refractivity contribution in [3.05, 3.63) is 0 Å². The number of nitrogens with two attached hydrogens (primary N) is 1. The number of nitrogens with zero attached hydrogens (tertiary/aromatic N) is 1. The molecule has 0 aliphatic carbocycles. The highest BCUT2D eigenvalue weighted by Crippen LogP contribution is 2.21. The van der Waals surface area contributed by atoms with Crippen LogP contribution in [0.15, 0.2) is 0 Å². The average molecular weight is 286 g/mol. The van der Waals surface area contributed by atoms with E-state index in [4.69, 9.17) is 10.5 Å². The second-order valence-electron chi connectivity index (χ2n) is 5.03. The number of methoxy groups -OCH3 is 1. The van der Waals surface area contributed by atoms with Crippen LogP contribution in [0.5, 0.6) is 0 Å². The first kappa shape index (κ1) is 16.9. The molecular formula is C13H26N4O3. The molecule has 1 aliphatic heterocycles. The standard InChI is InChI=1S/C13H26N4O3/c1-4-15-13(19)16-12(18)9(2)17-6-5-11(20-3)7-10(17)8-14/h9-11H,4-8,14H2,1-3H3,(H2,15,16,18,19). The van der Waals surface area contributed by atoms with E-state index in [1.165, 1.54) is 0 Å². The lowest BCUT2D eigenvalue weighted by molar-refractivity contribution is -0.127. The highest BCUT2D eigenvalue weighted by Gasteiger charge is 2.33. The molecule has 0 saturated carbocycles. The Kier molecular flexibility index (Phi) is 6.90. The number of likely N-dealkylation sites (tertiary alicyclic amines) is 1. The van der Waals surface area contributed by atoms with E-state index in [0.717, 1.165) is 19.4 Å². The second kappa shape index (κ2) is 8.18. The number of rotatable bonds is 5. The van der Waals surface area contributed by atoms with E-state index >= 15 is 0 Å². The van der Waals surface area contributed by atoms with Gasteiger partial charge in [0.25, 0.3) is 0 Å². The van der Waals surface area contributed by atoms with Gasteiger partial charge in [-0.05, 0) is 26.7 Å². The van der Waals surface area contributed by atoms with Gasteiger partial charge in [-0.3, -0.25) is 15.0 Å². The van der Waals surface area contributed by atoms with Gasteiger partial charge in [0.2, 0.25) is 5.91 Å². The molecule has 4 N–H and O–H groups in total. The van der Waals surface area contributed by atoms with E-state index in [-0.39, 0.29) is 24.1 Å². The molecule has 0 spiro atoms. The molecule has 7 nitrogen and oxygen atoms in total. The maximum Gasteiger partial charge on any atom is 0.321 e. The lowest BCUT2D eigenvalue weighted by Crippen LogP contribution is -2.57. The SMILES string of the molecule is CCNC(=O)NC(=O)C(C)N1CCC(OC)CC1CN. The number of urea groups is 1. The molecule has 1 saturated heterocycles. The van der Waals surface area contributed by atoms with Crippen LogP contribution in [0.3, 0.4) is 0 Å². The minimum Gasteiger partial charge on any atom is -0.381 e. The van der Waals surface area contributed by atoms with Crippen LogP contribution in [-0.2, 0) is 9.53 Å². The van der Waals surface area contributed by atoms with Crippen molar-refractivity contribution in [1.82, 2.24) is 15.5 Å². The topological polar surface area (TPSA) is 96.7 Å². The molecule has 20 heavy (non-hydrogen) atoms. The zero-order valence-electron chi connectivity index (χ0n) is 12.5. The number of carbonyl (C=O) groups excluding carboxylic acids is 2. The van der Waals surface area contributed by atoms with Gasteiger partial charge in [-0.2, -0.15) is 0 Å². The average Bonchev–Trinajstić information content (AvgIpc) is 2.45. The van der Waals surface area contributed by atoms with Crippen molar-refractivity contribution in [2.45, 2.75) is 44.9 Å². The Morgan fingerprint density at radius 1 is 1.50 bits per heavy atom. The summed E-state index contributed by atoms with van der Waals surface area (Å²) in [6.45, 7) is 5.29. The molecule has 116 valence electrons. The number of hydrogen-bond donors (Lipinski definition) is 3. The molecule has 1 heterocycles. The molecule has 3 unspecified atom stereocenters. The van der Waals surface area contributed by atoms with Crippen molar-refractivity contribution >= 4 is 11.9 Å². The lowest BCUT2D eigenvalue weighted by Gasteiger charge is -2.41. The van der Waals surface area contributed by atoms with Gasteiger partial charge in [0.15, 0.2) is 0 Å². The first-order chi connectivity index (χ1) is 9.53. The van der Waals surface area contributed by atoms with Crippen LogP contribution in [-0.4, -0.2) is 61.8 Å². The first-order valence-electron chi connectivity index (χ1n) is 7.10. The van der Waals surface area contributed by atoms with E-state index in [1.54, 1.807) is 21.0 Å². The van der Waals surface area contributed by atoms with E-state index in [2.05, 4.69) is 10.6 Å². The van der Waals surface area contributed by atoms with Crippen LogP contribution in [0.1, 0.15) is 26.7 Å². The minimum atomic E-state index is -0.458. The highest BCUT2D eigenvalue weighted by molar-refractivity contribution is 5.96. The monoisotopic (exact) mass is 286 g/mol. The number of carbonyl (C=O) groups is 2. The Bertz CT molecular complexity index is 338. The maximum atomic E-state index is 12.1. The predicted molar refractivity (Wildman–Crippen MR) is 76.3 cm³/mol. The Balaban J connectivity index is 2.58. The molecule has 0 bridgehead atoms. The summed E-state index contributed by atoms with van der Waals surface area (Å²) in [4.78, 5) is 25.5. The van der Waals surface area contributed by atoms with Crippen molar-refractivity contribution < 1.29 is 14.3 Å². The molecule has 0 aromatic carbocycles. The smallest absolute Gasteiger partial charge is 0.321 e. The summed E-state index contributed by atoms with van der Waals surface area (Å²) >= 11 is 0. The van der Waals surface area contributed by atoms with E-state index in [0.29, 0.717) is 13.1 Å². The fourth-order valence-electron chi connectivity index (χ4n) is 2.56. The van der Waals surface area contributed by atoms with E-state index < -0.39 is 6.03 Å². The molecule has 0 aromatic heterocycles. The van der Waals surface area contributed by atoms with E-state index in [9.17, 15) is 9.59 Å². The summed E-state index contributed by atoms with van der Waals surface area (Å²) in [5, 5.41) is 4.89. The van der Waals surface area contributed by atoms with Gasteiger partial charge in [-0.15, -0.1) is 0 Å². The third kappa shape index (κ3) is 4.43. The molecule has 3 amide bonds. The normalized spacial score (nSPS) is 25.0. The summed E-state index contributed by atoms with van der Waals surface area (Å²) in [5.41, 5.74) is 5.79. The lowest BCUT2D eigenvalue weighted by atomic mass is 9.97. The first-order valence-corrected chi connectivity index (χ1v) is 7.10. The third-order valence-electron chi connectivity index (χ3n) is 3.77. The fourth-order valence-corrected chi connectivity index (χ4v) is 2.56. The fraction of sp³-hybridized carbons (Fsp3) is 0.846. The maximum absolute atomic E-state index is 12.1. The second-order valence-corrected chi connectivity index (χ2v) is 5.03. The zero-order valence-corrected chi connectivity index (χ0v) is 12.5. The summed E-state index contributed by atoms with van der Waals surface area (Å²) in [7, 11) is 1.69. The number of nitrogens with one attached hydrogen (secondary N) is 2. The Morgan fingerprint density at radius 2 is 2.20 bits per heavy atom. The summed E-state index contributed by atoms with van der Waals surface area (Å²) in [5.74, 6) is -0.301. The molecule has 1 rings (SSSR count). The van der Waals surface area contributed by atoms with Crippen LogP contribution in [0, 0.1) is 0 Å². The number of hydrogen-bond acceptors (Lipinski definition) is 5. The van der Waals surface area contributed by atoms with Crippen LogP contribution >= 0.6 is 0 Å². The van der Waals surface area contributed by atoms with Gasteiger partial charge < -0.3 is 15.8 Å². The van der Waals surface area contributed by atoms with Crippen LogP contribution in [0.4, 0.5) is 4.79 Å². The summed E-state index contributed by atoms with van der Waals surface area (Å²) in [6, 6.07) is -0.743. The molecule has 1 fully saturated rings. The van der Waals surface area contributed by atoms with Crippen molar-refractivity contribution in [3.8, 4) is 0 Å². The number of ether oxygens (including phenoxy) is 1. The van der Waals surface area contributed by atoms with Crippen molar-refractivity contribution in [1.29, 1.82) is 0 Å². The van der Waals surface area contributed by atoms with Crippen LogP contribution < -0.4 is 16.4 Å². The van der Waals surface area contributed by atoms with Crippen molar-refractivity contribution in [2.24, 2.45) is 5.73 Å². The molecule has 1 aliphatic rings. The van der Waals surface area contributed by atoms with Gasteiger partial charge in [-0.1, -0.05) is 0 Å². The van der Waals surface area contributed by atoms with E-state index in [1.807, 2.05) is 4.90 Å². The number of piperidine rings is 1. The molecular weight excluding hydrogens is 260 g/mol. The van der Waals surface area contributed by atoms with Gasteiger partial charge >= 0.3 is 6.03 Å².